The summed E-state index contributed by atoms with van der Waals surface area (Å²) in [5.41, 5.74) is 4.91. The number of carboxylic acid groups (broad SMARTS) is 2. The van der Waals surface area contributed by atoms with Crippen molar-refractivity contribution in [2.24, 2.45) is 0 Å². The van der Waals surface area contributed by atoms with E-state index < -0.39 is 24.3 Å². The fourth-order valence-corrected chi connectivity index (χ4v) is 4.61. The average molecular weight is 710 g/mol. The summed E-state index contributed by atoms with van der Waals surface area (Å²) in [6.45, 7) is 14.3. The standard InChI is InChI=1S/C19H21NO5.C12H16O3.C10H8.C2H6/c1-4-17(24-16-9-8-12(2)10-13(16)3)25-19(23)20-15-7-5-6-14(11-15)18(21)22;1-9-5-6-11(8-10(9)2)15-7-3-4-12(13)14;1-2-6-10-8-4-3-7-9(10)5-1;1-2/h5-11,17H,4H2,1-3H3,(H,20,23)(H,21,22);5-6,8H,3-4,7H2,1-2H3,(H,13,14);1-8H;1-2H3. The molecule has 5 aromatic rings. The van der Waals surface area contributed by atoms with Crippen LogP contribution in [0.2, 0.25) is 0 Å². The number of rotatable bonds is 11. The monoisotopic (exact) mass is 709 g/mol. The summed E-state index contributed by atoms with van der Waals surface area (Å²) < 4.78 is 16.4. The van der Waals surface area contributed by atoms with Gasteiger partial charge in [-0.25, -0.2) is 9.59 Å². The Labute approximate surface area is 307 Å². The molecule has 0 saturated carbocycles. The van der Waals surface area contributed by atoms with Gasteiger partial charge in [0.25, 0.3) is 0 Å². The number of hydrogen-bond acceptors (Lipinski definition) is 6. The van der Waals surface area contributed by atoms with E-state index in [0.29, 0.717) is 30.9 Å². The molecule has 1 amide bonds. The van der Waals surface area contributed by atoms with Crippen LogP contribution in [0.15, 0.2) is 109 Å². The molecule has 9 heteroatoms. The van der Waals surface area contributed by atoms with Gasteiger partial charge in [-0.15, -0.1) is 0 Å². The van der Waals surface area contributed by atoms with E-state index in [9.17, 15) is 14.4 Å². The maximum absolute atomic E-state index is 12.0. The van der Waals surface area contributed by atoms with Gasteiger partial charge in [-0.05, 0) is 98.0 Å². The van der Waals surface area contributed by atoms with Crippen molar-refractivity contribution < 1.29 is 38.8 Å². The number of aryl methyl sites for hydroxylation is 4. The lowest BCUT2D eigenvalue weighted by Crippen LogP contribution is -2.27. The van der Waals surface area contributed by atoms with Gasteiger partial charge in [-0.3, -0.25) is 10.1 Å². The van der Waals surface area contributed by atoms with Gasteiger partial charge in [0.1, 0.15) is 11.5 Å². The van der Waals surface area contributed by atoms with Gasteiger partial charge in [0.15, 0.2) is 0 Å². The maximum atomic E-state index is 12.0. The molecule has 0 saturated heterocycles. The second-order valence-electron chi connectivity index (χ2n) is 11.6. The van der Waals surface area contributed by atoms with Gasteiger partial charge in [-0.1, -0.05) is 99.1 Å². The third kappa shape index (κ3) is 15.4. The number of aliphatic carboxylic acids is 1. The highest BCUT2D eigenvalue weighted by atomic mass is 16.7. The van der Waals surface area contributed by atoms with Crippen LogP contribution >= 0.6 is 0 Å². The Kier molecular flexibility index (Phi) is 18.6. The van der Waals surface area contributed by atoms with E-state index in [2.05, 4.69) is 53.8 Å². The number of nitrogens with one attached hydrogen (secondary N) is 1. The van der Waals surface area contributed by atoms with Crippen LogP contribution in [-0.2, 0) is 9.53 Å². The SMILES string of the molecule is CC.CCC(OC(=O)Nc1cccc(C(=O)O)c1)Oc1ccc(C)cc1C.Cc1ccc(OCCCC(=O)O)cc1C.c1ccc2ccccc2c1. The van der Waals surface area contributed by atoms with Crippen molar-refractivity contribution in [3.8, 4) is 11.5 Å². The minimum atomic E-state index is -1.07. The van der Waals surface area contributed by atoms with Crippen molar-refractivity contribution in [3.63, 3.8) is 0 Å². The molecule has 1 unspecified atom stereocenters. The molecule has 0 aromatic heterocycles. The van der Waals surface area contributed by atoms with Gasteiger partial charge in [-0.2, -0.15) is 0 Å². The second-order valence-corrected chi connectivity index (χ2v) is 11.6. The van der Waals surface area contributed by atoms with Gasteiger partial charge >= 0.3 is 18.0 Å². The van der Waals surface area contributed by atoms with Crippen LogP contribution in [-0.4, -0.2) is 41.1 Å². The molecular formula is C43H51NO8. The lowest BCUT2D eigenvalue weighted by Gasteiger charge is -2.19. The number of hydrogen-bond donors (Lipinski definition) is 3. The summed E-state index contributed by atoms with van der Waals surface area (Å²) in [5.74, 6) is -0.387. The third-order valence-corrected chi connectivity index (χ3v) is 7.46. The van der Waals surface area contributed by atoms with Crippen molar-refractivity contribution in [3.05, 3.63) is 137 Å². The van der Waals surface area contributed by atoms with E-state index in [0.717, 1.165) is 16.9 Å². The molecule has 0 bridgehead atoms. The number of ether oxygens (including phenoxy) is 3. The third-order valence-electron chi connectivity index (χ3n) is 7.46. The maximum Gasteiger partial charge on any atom is 0.414 e. The Bertz CT molecular complexity index is 1800. The number of carbonyl (C=O) groups is 3. The molecule has 0 spiro atoms. The minimum absolute atomic E-state index is 0.0800. The predicted octanol–water partition coefficient (Wildman–Crippen LogP) is 10.8. The number of anilines is 1. The first-order chi connectivity index (χ1) is 24.9. The van der Waals surface area contributed by atoms with Crippen LogP contribution in [0, 0.1) is 27.7 Å². The van der Waals surface area contributed by atoms with Crippen LogP contribution in [0.5, 0.6) is 11.5 Å². The molecule has 3 N–H and O–H groups in total. The van der Waals surface area contributed by atoms with Gasteiger partial charge in [0, 0.05) is 18.5 Å². The molecule has 52 heavy (non-hydrogen) atoms. The second kappa shape index (κ2) is 22.8. The molecule has 0 aliphatic carbocycles. The summed E-state index contributed by atoms with van der Waals surface area (Å²) in [4.78, 5) is 33.2. The highest BCUT2D eigenvalue weighted by Crippen LogP contribution is 2.22. The number of carboxylic acids is 2. The first-order valence-electron chi connectivity index (χ1n) is 17.4. The molecular weight excluding hydrogens is 658 g/mol. The molecule has 5 rings (SSSR count). The van der Waals surface area contributed by atoms with E-state index in [1.165, 1.54) is 34.0 Å². The topological polar surface area (TPSA) is 131 Å². The van der Waals surface area contributed by atoms with Gasteiger partial charge in [0.05, 0.1) is 12.2 Å². The zero-order valence-electron chi connectivity index (χ0n) is 31.1. The van der Waals surface area contributed by atoms with Crippen molar-refractivity contribution in [2.75, 3.05) is 11.9 Å². The van der Waals surface area contributed by atoms with Crippen molar-refractivity contribution in [1.82, 2.24) is 0 Å². The molecule has 9 nitrogen and oxygen atoms in total. The van der Waals surface area contributed by atoms with Crippen molar-refractivity contribution in [1.29, 1.82) is 0 Å². The Morgan fingerprint density at radius 3 is 1.88 bits per heavy atom. The van der Waals surface area contributed by atoms with Gasteiger partial charge in [0.2, 0.25) is 6.29 Å². The highest BCUT2D eigenvalue weighted by Gasteiger charge is 2.16. The normalized spacial score (nSPS) is 10.4. The van der Waals surface area contributed by atoms with Crippen molar-refractivity contribution in [2.45, 2.75) is 74.0 Å². The fraction of sp³-hybridized carbons (Fsp3) is 0.279. The van der Waals surface area contributed by atoms with Gasteiger partial charge < -0.3 is 24.4 Å². The summed E-state index contributed by atoms with van der Waals surface area (Å²) in [5, 5.41) is 22.5. The largest absolute Gasteiger partial charge is 0.494 e. The summed E-state index contributed by atoms with van der Waals surface area (Å²) in [6.07, 6.45) is -0.286. The quantitative estimate of drug-likeness (QED) is 0.0912. The molecule has 0 fully saturated rings. The Morgan fingerprint density at radius 2 is 1.35 bits per heavy atom. The van der Waals surface area contributed by atoms with E-state index >= 15 is 0 Å². The minimum Gasteiger partial charge on any atom is -0.494 e. The Balaban J connectivity index is 0.000000292. The van der Waals surface area contributed by atoms with E-state index in [-0.39, 0.29) is 12.0 Å². The number of aromatic carboxylic acids is 1. The summed E-state index contributed by atoms with van der Waals surface area (Å²) >= 11 is 0. The fourth-order valence-electron chi connectivity index (χ4n) is 4.61. The smallest absolute Gasteiger partial charge is 0.414 e. The van der Waals surface area contributed by atoms with Crippen LogP contribution in [0.25, 0.3) is 10.8 Å². The summed E-state index contributed by atoms with van der Waals surface area (Å²) in [7, 11) is 0. The molecule has 0 heterocycles. The lowest BCUT2D eigenvalue weighted by molar-refractivity contribution is -0.137. The molecule has 0 aliphatic heterocycles. The highest BCUT2D eigenvalue weighted by molar-refractivity contribution is 5.91. The zero-order chi connectivity index (χ0) is 38.5. The Hall–Kier alpha value is -5.83. The zero-order valence-corrected chi connectivity index (χ0v) is 31.1. The summed E-state index contributed by atoms with van der Waals surface area (Å²) in [6, 6.07) is 34.3. The van der Waals surface area contributed by atoms with E-state index in [1.54, 1.807) is 12.1 Å². The van der Waals surface area contributed by atoms with Crippen LogP contribution < -0.4 is 14.8 Å². The molecule has 0 aliphatic rings. The number of amides is 1. The average Bonchev–Trinajstić information content (AvgIpc) is 3.13. The number of fused-ring (bicyclic) bond motifs is 1. The lowest BCUT2D eigenvalue weighted by atomic mass is 10.1. The number of benzene rings is 5. The molecule has 0 radical (unpaired) electrons. The molecule has 5 aromatic carbocycles. The predicted molar refractivity (Wildman–Crippen MR) is 208 cm³/mol. The first kappa shape index (κ1) is 42.3. The van der Waals surface area contributed by atoms with Crippen LogP contribution in [0.3, 0.4) is 0 Å². The Morgan fingerprint density at radius 1 is 0.712 bits per heavy atom. The van der Waals surface area contributed by atoms with E-state index in [4.69, 9.17) is 24.4 Å². The van der Waals surface area contributed by atoms with Crippen molar-refractivity contribution >= 4 is 34.5 Å². The first-order valence-corrected chi connectivity index (χ1v) is 17.4. The van der Waals surface area contributed by atoms with Crippen LogP contribution in [0.1, 0.15) is 72.6 Å². The van der Waals surface area contributed by atoms with Crippen LogP contribution in [0.4, 0.5) is 10.5 Å². The molecule has 1 atom stereocenters. The molecule has 276 valence electrons. The van der Waals surface area contributed by atoms with E-state index in [1.807, 2.05) is 84.9 Å². The number of carbonyl (C=O) groups excluding carboxylic acids is 1.